The van der Waals surface area contributed by atoms with Crippen molar-refractivity contribution in [3.05, 3.63) is 0 Å². The van der Waals surface area contributed by atoms with Crippen LogP contribution in [0.25, 0.3) is 0 Å². The van der Waals surface area contributed by atoms with Gasteiger partial charge >= 0.3 is 6.03 Å². The minimum atomic E-state index is -1.65. The molecule has 2 aliphatic carbocycles. The van der Waals surface area contributed by atoms with E-state index in [1.165, 1.54) is 0 Å². The van der Waals surface area contributed by atoms with Gasteiger partial charge in [0.1, 0.15) is 30.5 Å². The van der Waals surface area contributed by atoms with Crippen molar-refractivity contribution in [3.8, 4) is 0 Å². The molecule has 6 atom stereocenters. The zero-order valence-electron chi connectivity index (χ0n) is 9.60. The highest BCUT2D eigenvalue weighted by Crippen LogP contribution is 2.22. The van der Waals surface area contributed by atoms with Crippen LogP contribution in [-0.2, 0) is 0 Å². The lowest BCUT2D eigenvalue weighted by molar-refractivity contribution is -0.188. The summed E-state index contributed by atoms with van der Waals surface area (Å²) in [6, 6.07) is -1.73. The summed E-state index contributed by atoms with van der Waals surface area (Å²) in [5.74, 6) is 0. The zero-order valence-corrected chi connectivity index (χ0v) is 9.60. The summed E-state index contributed by atoms with van der Waals surface area (Å²) in [6.45, 7) is 0. The molecular formula is C10H18N2O6. The first-order valence-corrected chi connectivity index (χ1v) is 5.89. The Morgan fingerprint density at radius 1 is 0.778 bits per heavy atom. The molecular weight excluding hydrogens is 244 g/mol. The van der Waals surface area contributed by atoms with Crippen molar-refractivity contribution in [1.82, 2.24) is 10.6 Å². The van der Waals surface area contributed by atoms with Gasteiger partial charge in [0, 0.05) is 6.04 Å². The van der Waals surface area contributed by atoms with Crippen LogP contribution in [0, 0.1) is 0 Å². The van der Waals surface area contributed by atoms with Gasteiger partial charge in [-0.2, -0.15) is 0 Å². The topological polar surface area (TPSA) is 142 Å². The molecule has 2 fully saturated rings. The molecule has 8 heteroatoms. The maximum Gasteiger partial charge on any atom is 0.315 e. The summed E-state index contributed by atoms with van der Waals surface area (Å²) >= 11 is 0. The minimum absolute atomic E-state index is 0.100. The SMILES string of the molecule is O=C(NC1CC1)NC1[C@@H](O)[C@H](O)C(O)[C@H](O)[C@H]1O. The number of nitrogens with one attached hydrogen (secondary N) is 2. The summed E-state index contributed by atoms with van der Waals surface area (Å²) in [4.78, 5) is 11.5. The second-order valence-corrected chi connectivity index (χ2v) is 4.87. The Hall–Kier alpha value is -0.930. The summed E-state index contributed by atoms with van der Waals surface area (Å²) in [6.07, 6.45) is -6.25. The lowest BCUT2D eigenvalue weighted by Gasteiger charge is -2.41. The number of rotatable bonds is 2. The van der Waals surface area contributed by atoms with Gasteiger partial charge in [0.25, 0.3) is 0 Å². The van der Waals surface area contributed by atoms with E-state index in [4.69, 9.17) is 0 Å². The van der Waals surface area contributed by atoms with Gasteiger partial charge in [0.15, 0.2) is 0 Å². The fraction of sp³-hybridized carbons (Fsp3) is 0.900. The molecule has 2 saturated carbocycles. The largest absolute Gasteiger partial charge is 0.388 e. The molecule has 0 aromatic carbocycles. The van der Waals surface area contributed by atoms with Crippen molar-refractivity contribution >= 4 is 6.03 Å². The standard InChI is InChI=1S/C10H18N2O6/c13-5-4(12-10(18)11-3-1-2-3)6(14)8(16)9(17)7(5)15/h3-9,13-17H,1-2H2,(H2,11,12,18)/t4?,5-,6+,7+,8-,9?. The Morgan fingerprint density at radius 3 is 1.67 bits per heavy atom. The van der Waals surface area contributed by atoms with Crippen molar-refractivity contribution in [2.75, 3.05) is 0 Å². The highest BCUT2D eigenvalue weighted by molar-refractivity contribution is 5.75. The normalized spacial score (nSPS) is 44.5. The Morgan fingerprint density at radius 2 is 1.22 bits per heavy atom. The third-order valence-corrected chi connectivity index (χ3v) is 3.35. The van der Waals surface area contributed by atoms with Crippen LogP contribution in [0.2, 0.25) is 0 Å². The second-order valence-electron chi connectivity index (χ2n) is 4.87. The molecule has 2 amide bonds. The van der Waals surface area contributed by atoms with Crippen LogP contribution in [0.15, 0.2) is 0 Å². The van der Waals surface area contributed by atoms with Gasteiger partial charge in [-0.1, -0.05) is 0 Å². The average molecular weight is 262 g/mol. The van der Waals surface area contributed by atoms with Crippen LogP contribution in [0.4, 0.5) is 4.79 Å². The summed E-state index contributed by atoms with van der Waals surface area (Å²) in [5.41, 5.74) is 0. The number of carbonyl (C=O) groups is 1. The first-order chi connectivity index (χ1) is 8.41. The average Bonchev–Trinajstić information content (AvgIpc) is 3.13. The molecule has 7 N–H and O–H groups in total. The van der Waals surface area contributed by atoms with Crippen molar-refractivity contribution in [3.63, 3.8) is 0 Å². The van der Waals surface area contributed by atoms with Crippen LogP contribution in [0.1, 0.15) is 12.8 Å². The lowest BCUT2D eigenvalue weighted by atomic mass is 9.83. The number of hydrogen-bond donors (Lipinski definition) is 7. The van der Waals surface area contributed by atoms with E-state index in [2.05, 4.69) is 10.6 Å². The fourth-order valence-corrected chi connectivity index (χ4v) is 2.01. The summed E-state index contributed by atoms with van der Waals surface area (Å²) in [7, 11) is 0. The van der Waals surface area contributed by atoms with Gasteiger partial charge in [-0.25, -0.2) is 4.79 Å². The van der Waals surface area contributed by atoms with Crippen LogP contribution < -0.4 is 10.6 Å². The van der Waals surface area contributed by atoms with Crippen molar-refractivity contribution in [2.45, 2.75) is 55.4 Å². The minimum Gasteiger partial charge on any atom is -0.388 e. The highest BCUT2D eigenvalue weighted by Gasteiger charge is 2.48. The Kier molecular flexibility index (Phi) is 3.74. The third kappa shape index (κ3) is 2.57. The van der Waals surface area contributed by atoms with E-state index < -0.39 is 42.6 Å². The molecule has 0 saturated heterocycles. The predicted octanol–water partition coefficient (Wildman–Crippen LogP) is -3.37. The Balaban J connectivity index is 1.98. The van der Waals surface area contributed by atoms with Gasteiger partial charge in [-0.05, 0) is 12.8 Å². The molecule has 18 heavy (non-hydrogen) atoms. The van der Waals surface area contributed by atoms with Gasteiger partial charge in [0.2, 0.25) is 0 Å². The molecule has 0 bridgehead atoms. The first kappa shape index (κ1) is 13.5. The molecule has 104 valence electrons. The first-order valence-electron chi connectivity index (χ1n) is 5.89. The summed E-state index contributed by atoms with van der Waals surface area (Å²) < 4.78 is 0. The molecule has 2 aliphatic rings. The maximum atomic E-state index is 11.5. The van der Waals surface area contributed by atoms with E-state index >= 15 is 0 Å². The lowest BCUT2D eigenvalue weighted by Crippen LogP contribution is -2.69. The van der Waals surface area contributed by atoms with Crippen LogP contribution in [0.5, 0.6) is 0 Å². The van der Waals surface area contributed by atoms with Gasteiger partial charge in [-0.3, -0.25) is 0 Å². The maximum absolute atomic E-state index is 11.5. The monoisotopic (exact) mass is 262 g/mol. The van der Waals surface area contributed by atoms with E-state index in [1.54, 1.807) is 0 Å². The molecule has 0 radical (unpaired) electrons. The molecule has 0 heterocycles. The molecule has 2 unspecified atom stereocenters. The molecule has 8 nitrogen and oxygen atoms in total. The van der Waals surface area contributed by atoms with Crippen molar-refractivity contribution < 1.29 is 30.3 Å². The van der Waals surface area contributed by atoms with Crippen LogP contribution in [-0.4, -0.2) is 74.2 Å². The number of urea groups is 1. The molecule has 0 spiro atoms. The van der Waals surface area contributed by atoms with E-state index in [9.17, 15) is 30.3 Å². The predicted molar refractivity (Wildman–Crippen MR) is 58.5 cm³/mol. The van der Waals surface area contributed by atoms with Crippen LogP contribution >= 0.6 is 0 Å². The van der Waals surface area contributed by atoms with Crippen molar-refractivity contribution in [2.24, 2.45) is 0 Å². The smallest absolute Gasteiger partial charge is 0.315 e. The second kappa shape index (κ2) is 4.98. The van der Waals surface area contributed by atoms with Gasteiger partial charge in [0.05, 0.1) is 6.04 Å². The third-order valence-electron chi connectivity index (χ3n) is 3.35. The molecule has 0 aliphatic heterocycles. The molecule has 2 rings (SSSR count). The van der Waals surface area contributed by atoms with E-state index in [0.717, 1.165) is 12.8 Å². The Labute approximate surface area is 103 Å². The number of aliphatic hydroxyl groups excluding tert-OH is 5. The van der Waals surface area contributed by atoms with Crippen molar-refractivity contribution in [1.29, 1.82) is 0 Å². The van der Waals surface area contributed by atoms with E-state index in [-0.39, 0.29) is 6.04 Å². The zero-order chi connectivity index (χ0) is 13.4. The van der Waals surface area contributed by atoms with Gasteiger partial charge in [-0.15, -0.1) is 0 Å². The Bertz CT molecular complexity index is 307. The number of hydrogen-bond acceptors (Lipinski definition) is 6. The van der Waals surface area contributed by atoms with E-state index in [0.29, 0.717) is 0 Å². The van der Waals surface area contributed by atoms with Crippen LogP contribution in [0.3, 0.4) is 0 Å². The molecule has 0 aromatic rings. The fourth-order valence-electron chi connectivity index (χ4n) is 2.01. The molecule has 0 aromatic heterocycles. The highest BCUT2D eigenvalue weighted by atomic mass is 16.4. The number of carbonyl (C=O) groups excluding carboxylic acids is 1. The summed E-state index contributed by atoms with van der Waals surface area (Å²) in [5, 5.41) is 52.5. The van der Waals surface area contributed by atoms with Gasteiger partial charge < -0.3 is 36.2 Å². The number of aliphatic hydroxyl groups is 5. The quantitative estimate of drug-likeness (QED) is 0.277. The number of amides is 2. The van der Waals surface area contributed by atoms with E-state index in [1.807, 2.05) is 0 Å².